The molecule has 0 spiro atoms. The predicted octanol–water partition coefficient (Wildman–Crippen LogP) is 2.53. The highest BCUT2D eigenvalue weighted by molar-refractivity contribution is 8.13. The molecule has 2 aromatic rings. The molecular formula is C13H13ClN2O3S2. The van der Waals surface area contributed by atoms with E-state index in [1.54, 1.807) is 16.2 Å². The zero-order valence-electron chi connectivity index (χ0n) is 11.2. The lowest BCUT2D eigenvalue weighted by Gasteiger charge is -2.16. The van der Waals surface area contributed by atoms with Gasteiger partial charge in [0.1, 0.15) is 0 Å². The van der Waals surface area contributed by atoms with Crippen LogP contribution in [-0.4, -0.2) is 31.6 Å². The number of anilines is 1. The van der Waals surface area contributed by atoms with E-state index in [1.165, 1.54) is 0 Å². The van der Waals surface area contributed by atoms with Crippen molar-refractivity contribution in [2.24, 2.45) is 5.92 Å². The Morgan fingerprint density at radius 2 is 2.24 bits per heavy atom. The van der Waals surface area contributed by atoms with E-state index in [0.29, 0.717) is 6.54 Å². The SMILES string of the molecule is Cc1nc2ccc(N3CC(CS(=O)(=O)Cl)CC3=O)cc2s1. The monoisotopic (exact) mass is 344 g/mol. The molecule has 1 aliphatic rings. The molecule has 1 saturated heterocycles. The lowest BCUT2D eigenvalue weighted by molar-refractivity contribution is -0.117. The van der Waals surface area contributed by atoms with E-state index >= 15 is 0 Å². The summed E-state index contributed by atoms with van der Waals surface area (Å²) < 4.78 is 23.3. The van der Waals surface area contributed by atoms with Crippen LogP contribution in [0.3, 0.4) is 0 Å². The van der Waals surface area contributed by atoms with Gasteiger partial charge in [-0.15, -0.1) is 11.3 Å². The van der Waals surface area contributed by atoms with Gasteiger partial charge in [-0.05, 0) is 25.1 Å². The first-order chi connectivity index (χ1) is 9.82. The minimum Gasteiger partial charge on any atom is -0.312 e. The fraction of sp³-hybridized carbons (Fsp3) is 0.385. The molecule has 5 nitrogen and oxygen atoms in total. The molecule has 21 heavy (non-hydrogen) atoms. The molecule has 0 radical (unpaired) electrons. The summed E-state index contributed by atoms with van der Waals surface area (Å²) in [4.78, 5) is 18.1. The number of fused-ring (bicyclic) bond motifs is 1. The van der Waals surface area contributed by atoms with Crippen molar-refractivity contribution < 1.29 is 13.2 Å². The standard InChI is InChI=1S/C13H13ClN2O3S2/c1-8-15-11-3-2-10(5-12(11)20-8)16-6-9(4-13(16)17)7-21(14,18)19/h2-3,5,9H,4,6-7H2,1H3. The Morgan fingerprint density at radius 3 is 2.95 bits per heavy atom. The number of aromatic nitrogens is 1. The maximum Gasteiger partial charge on any atom is 0.232 e. The molecule has 2 heterocycles. The molecule has 8 heteroatoms. The zero-order valence-corrected chi connectivity index (χ0v) is 13.6. The average Bonchev–Trinajstić information content (AvgIpc) is 2.88. The first-order valence-corrected chi connectivity index (χ1v) is 9.71. The summed E-state index contributed by atoms with van der Waals surface area (Å²) in [5.74, 6) is -0.488. The van der Waals surface area contributed by atoms with Crippen LogP contribution in [0.25, 0.3) is 10.2 Å². The number of thiazole rings is 1. The lowest BCUT2D eigenvalue weighted by Crippen LogP contribution is -2.25. The van der Waals surface area contributed by atoms with Crippen molar-refractivity contribution in [3.05, 3.63) is 23.2 Å². The van der Waals surface area contributed by atoms with Crippen LogP contribution in [-0.2, 0) is 13.8 Å². The van der Waals surface area contributed by atoms with Gasteiger partial charge in [0.05, 0.1) is 21.0 Å². The van der Waals surface area contributed by atoms with Crippen LogP contribution in [0.5, 0.6) is 0 Å². The van der Waals surface area contributed by atoms with E-state index in [2.05, 4.69) is 4.98 Å². The van der Waals surface area contributed by atoms with Crippen molar-refractivity contribution in [1.29, 1.82) is 0 Å². The molecule has 0 bridgehead atoms. The number of hydrogen-bond donors (Lipinski definition) is 0. The largest absolute Gasteiger partial charge is 0.312 e. The van der Waals surface area contributed by atoms with Crippen LogP contribution >= 0.6 is 22.0 Å². The second-order valence-corrected chi connectivity index (χ2v) is 9.22. The van der Waals surface area contributed by atoms with Crippen molar-refractivity contribution in [1.82, 2.24) is 4.98 Å². The molecule has 3 rings (SSSR count). The third-order valence-corrected chi connectivity index (χ3v) is 5.61. The molecule has 1 fully saturated rings. The fourth-order valence-corrected chi connectivity index (χ4v) is 4.80. The summed E-state index contributed by atoms with van der Waals surface area (Å²) in [6, 6.07) is 5.65. The first kappa shape index (κ1) is 14.7. The Hall–Kier alpha value is -1.18. The van der Waals surface area contributed by atoms with Gasteiger partial charge in [0.25, 0.3) is 0 Å². The summed E-state index contributed by atoms with van der Waals surface area (Å²) in [6.45, 7) is 2.32. The summed E-state index contributed by atoms with van der Waals surface area (Å²) in [7, 11) is 1.69. The van der Waals surface area contributed by atoms with Crippen LogP contribution in [0.15, 0.2) is 18.2 Å². The summed E-state index contributed by atoms with van der Waals surface area (Å²) >= 11 is 1.57. The van der Waals surface area contributed by atoms with Crippen LogP contribution in [0.2, 0.25) is 0 Å². The normalized spacial score (nSPS) is 19.6. The molecular weight excluding hydrogens is 332 g/mol. The highest BCUT2D eigenvalue weighted by Crippen LogP contribution is 2.31. The number of benzene rings is 1. The van der Waals surface area contributed by atoms with E-state index in [1.807, 2.05) is 25.1 Å². The van der Waals surface area contributed by atoms with E-state index < -0.39 is 9.05 Å². The number of rotatable bonds is 3. The summed E-state index contributed by atoms with van der Waals surface area (Å²) in [6.07, 6.45) is 0.214. The van der Waals surface area contributed by atoms with Crippen molar-refractivity contribution in [3.63, 3.8) is 0 Å². The number of amides is 1. The minimum atomic E-state index is -3.58. The van der Waals surface area contributed by atoms with Gasteiger partial charge in [0.2, 0.25) is 15.0 Å². The van der Waals surface area contributed by atoms with Gasteiger partial charge in [0, 0.05) is 35.3 Å². The molecule has 1 atom stereocenters. The van der Waals surface area contributed by atoms with Gasteiger partial charge in [-0.1, -0.05) is 0 Å². The highest BCUT2D eigenvalue weighted by Gasteiger charge is 2.33. The number of halogens is 1. The van der Waals surface area contributed by atoms with Crippen LogP contribution in [0.1, 0.15) is 11.4 Å². The van der Waals surface area contributed by atoms with E-state index in [0.717, 1.165) is 20.9 Å². The Balaban J connectivity index is 1.86. The second kappa shape index (κ2) is 5.23. The molecule has 1 aliphatic heterocycles. The number of hydrogen-bond acceptors (Lipinski definition) is 5. The van der Waals surface area contributed by atoms with Crippen molar-refractivity contribution in [2.45, 2.75) is 13.3 Å². The second-order valence-electron chi connectivity index (χ2n) is 5.16. The van der Waals surface area contributed by atoms with Crippen molar-refractivity contribution >= 4 is 52.9 Å². The van der Waals surface area contributed by atoms with Crippen LogP contribution in [0, 0.1) is 12.8 Å². The quantitative estimate of drug-likeness (QED) is 0.802. The Labute approximate surface area is 131 Å². The van der Waals surface area contributed by atoms with Gasteiger partial charge in [-0.2, -0.15) is 0 Å². The highest BCUT2D eigenvalue weighted by atomic mass is 35.7. The van der Waals surface area contributed by atoms with Crippen LogP contribution in [0.4, 0.5) is 5.69 Å². The lowest BCUT2D eigenvalue weighted by atomic mass is 10.1. The summed E-state index contributed by atoms with van der Waals surface area (Å²) in [5, 5.41) is 0.973. The van der Waals surface area contributed by atoms with Crippen molar-refractivity contribution in [2.75, 3.05) is 17.2 Å². The smallest absolute Gasteiger partial charge is 0.232 e. The van der Waals surface area contributed by atoms with Crippen LogP contribution < -0.4 is 4.90 Å². The molecule has 0 saturated carbocycles. The van der Waals surface area contributed by atoms with Crippen molar-refractivity contribution in [3.8, 4) is 0 Å². The fourth-order valence-electron chi connectivity index (χ4n) is 2.62. The van der Waals surface area contributed by atoms with Gasteiger partial charge >= 0.3 is 0 Å². The molecule has 0 aliphatic carbocycles. The van der Waals surface area contributed by atoms with Gasteiger partial charge in [0.15, 0.2) is 0 Å². The molecule has 1 unspecified atom stereocenters. The average molecular weight is 345 g/mol. The molecule has 0 N–H and O–H groups in total. The van der Waals surface area contributed by atoms with Gasteiger partial charge in [-0.3, -0.25) is 4.79 Å². The predicted molar refractivity (Wildman–Crippen MR) is 84.5 cm³/mol. The third-order valence-electron chi connectivity index (χ3n) is 3.43. The molecule has 1 aromatic heterocycles. The van der Waals surface area contributed by atoms with Gasteiger partial charge in [-0.25, -0.2) is 13.4 Å². The maximum atomic E-state index is 12.1. The van der Waals surface area contributed by atoms with E-state index in [4.69, 9.17) is 10.7 Å². The van der Waals surface area contributed by atoms with E-state index in [-0.39, 0.29) is 24.0 Å². The first-order valence-electron chi connectivity index (χ1n) is 6.42. The van der Waals surface area contributed by atoms with Gasteiger partial charge < -0.3 is 4.90 Å². The Kier molecular flexibility index (Phi) is 3.67. The molecule has 1 aromatic carbocycles. The Bertz CT molecular complexity index is 816. The number of nitrogens with zero attached hydrogens (tertiary/aromatic N) is 2. The maximum absolute atomic E-state index is 12.1. The number of aryl methyl sites for hydroxylation is 1. The Morgan fingerprint density at radius 1 is 1.48 bits per heavy atom. The van der Waals surface area contributed by atoms with E-state index in [9.17, 15) is 13.2 Å². The topological polar surface area (TPSA) is 67.3 Å². The third kappa shape index (κ3) is 3.20. The molecule has 1 amide bonds. The molecule has 112 valence electrons. The summed E-state index contributed by atoms with van der Waals surface area (Å²) in [5.41, 5.74) is 1.69. The number of carbonyl (C=O) groups is 1. The number of carbonyl (C=O) groups excluding carboxylic acids is 1. The zero-order chi connectivity index (χ0) is 15.2. The minimum absolute atomic E-state index is 0.0686.